The number of aromatic carboxylic acids is 1. The summed E-state index contributed by atoms with van der Waals surface area (Å²) in [5.41, 5.74) is 3.94. The van der Waals surface area contributed by atoms with Gasteiger partial charge in [0.05, 0.1) is 11.1 Å². The molecule has 1 aliphatic rings. The predicted molar refractivity (Wildman–Crippen MR) is 89.9 cm³/mol. The maximum atomic E-state index is 13.7. The lowest BCUT2D eigenvalue weighted by molar-refractivity contribution is 0.0695. The monoisotopic (exact) mass is 322 g/mol. The fourth-order valence-electron chi connectivity index (χ4n) is 3.40. The lowest BCUT2D eigenvalue weighted by atomic mass is 9.94. The molecule has 0 atom stereocenters. The van der Waals surface area contributed by atoms with E-state index in [9.17, 15) is 14.3 Å². The molecule has 0 radical (unpaired) electrons. The van der Waals surface area contributed by atoms with Crippen LogP contribution in [-0.4, -0.2) is 22.6 Å². The van der Waals surface area contributed by atoms with Crippen molar-refractivity contribution in [3.05, 3.63) is 71.2 Å². The third-order valence-corrected chi connectivity index (χ3v) is 4.52. The Morgan fingerprint density at radius 1 is 1.21 bits per heavy atom. The second-order valence-corrected chi connectivity index (χ2v) is 5.91. The zero-order chi connectivity index (χ0) is 16.7. The Morgan fingerprint density at radius 3 is 2.92 bits per heavy atom. The lowest BCUT2D eigenvalue weighted by Crippen LogP contribution is -2.31. The van der Waals surface area contributed by atoms with Crippen LogP contribution in [0.2, 0.25) is 0 Å². The van der Waals surface area contributed by atoms with Gasteiger partial charge in [-0.2, -0.15) is 0 Å². The Balaban J connectivity index is 1.77. The zero-order valence-electron chi connectivity index (χ0n) is 12.9. The minimum absolute atomic E-state index is 0.290. The fourth-order valence-corrected chi connectivity index (χ4v) is 3.40. The fraction of sp³-hybridized carbons (Fsp3) is 0.158. The van der Waals surface area contributed by atoms with Gasteiger partial charge < -0.3 is 10.0 Å². The largest absolute Gasteiger partial charge is 0.478 e. The first-order valence-electron chi connectivity index (χ1n) is 7.77. The maximum absolute atomic E-state index is 13.7. The molecule has 0 saturated heterocycles. The SMILES string of the molecule is O=C(O)c1cccc2c1CCN(c1ccnc3ccc(F)cc13)C2. The number of carboxylic acids is 1. The van der Waals surface area contributed by atoms with Crippen molar-refractivity contribution < 1.29 is 14.3 Å². The molecule has 120 valence electrons. The van der Waals surface area contributed by atoms with Crippen molar-refractivity contribution in [1.82, 2.24) is 4.98 Å². The average molecular weight is 322 g/mol. The molecule has 1 N–H and O–H groups in total. The second-order valence-electron chi connectivity index (χ2n) is 5.91. The van der Waals surface area contributed by atoms with Gasteiger partial charge in [0.2, 0.25) is 0 Å². The number of aromatic nitrogens is 1. The molecule has 0 amide bonds. The molecule has 0 bridgehead atoms. The molecule has 3 aromatic rings. The number of fused-ring (bicyclic) bond motifs is 2. The van der Waals surface area contributed by atoms with Gasteiger partial charge >= 0.3 is 5.97 Å². The highest BCUT2D eigenvalue weighted by molar-refractivity contribution is 5.92. The van der Waals surface area contributed by atoms with Gasteiger partial charge in [0.1, 0.15) is 5.82 Å². The number of halogens is 1. The number of benzene rings is 2. The number of carbonyl (C=O) groups is 1. The first-order valence-corrected chi connectivity index (χ1v) is 7.77. The highest BCUT2D eigenvalue weighted by atomic mass is 19.1. The van der Waals surface area contributed by atoms with Crippen molar-refractivity contribution in [3.63, 3.8) is 0 Å². The number of pyridine rings is 1. The molecule has 0 fully saturated rings. The van der Waals surface area contributed by atoms with Crippen LogP contribution >= 0.6 is 0 Å². The summed E-state index contributed by atoms with van der Waals surface area (Å²) in [6.07, 6.45) is 2.37. The van der Waals surface area contributed by atoms with E-state index >= 15 is 0 Å². The number of anilines is 1. The van der Waals surface area contributed by atoms with E-state index in [1.807, 2.05) is 12.1 Å². The topological polar surface area (TPSA) is 53.4 Å². The molecule has 2 heterocycles. The molecule has 0 aliphatic carbocycles. The number of nitrogens with zero attached hydrogens (tertiary/aromatic N) is 2. The second kappa shape index (κ2) is 5.60. The normalized spacial score (nSPS) is 13.8. The van der Waals surface area contributed by atoms with Crippen molar-refractivity contribution in [3.8, 4) is 0 Å². The molecule has 2 aromatic carbocycles. The highest BCUT2D eigenvalue weighted by Gasteiger charge is 2.22. The van der Waals surface area contributed by atoms with E-state index in [1.165, 1.54) is 12.1 Å². The van der Waals surface area contributed by atoms with Crippen molar-refractivity contribution >= 4 is 22.6 Å². The van der Waals surface area contributed by atoms with E-state index in [0.717, 1.165) is 27.7 Å². The molecular weight excluding hydrogens is 307 g/mol. The standard InChI is InChI=1S/C19H15FN2O2/c20-13-4-5-17-16(10-13)18(6-8-21-17)22-9-7-14-12(11-22)2-1-3-15(14)19(23)24/h1-6,8,10H,7,9,11H2,(H,23,24). The Bertz CT molecular complexity index is 955. The molecule has 24 heavy (non-hydrogen) atoms. The summed E-state index contributed by atoms with van der Waals surface area (Å²) in [6, 6.07) is 11.8. The number of hydrogen-bond donors (Lipinski definition) is 1. The summed E-state index contributed by atoms with van der Waals surface area (Å²) in [5, 5.41) is 10.1. The van der Waals surface area contributed by atoms with E-state index in [1.54, 1.807) is 24.4 Å². The van der Waals surface area contributed by atoms with Gasteiger partial charge in [-0.05, 0) is 47.9 Å². The van der Waals surface area contributed by atoms with Crippen LogP contribution in [0.4, 0.5) is 10.1 Å². The molecule has 1 aliphatic heterocycles. The van der Waals surface area contributed by atoms with Crippen LogP contribution in [-0.2, 0) is 13.0 Å². The Kier molecular flexibility index (Phi) is 3.41. The first-order chi connectivity index (χ1) is 11.6. The van der Waals surface area contributed by atoms with Crippen molar-refractivity contribution in [1.29, 1.82) is 0 Å². The van der Waals surface area contributed by atoms with Gasteiger partial charge in [-0.3, -0.25) is 4.98 Å². The lowest BCUT2D eigenvalue weighted by Gasteiger charge is -2.32. The first kappa shape index (κ1) is 14.6. The van der Waals surface area contributed by atoms with Gasteiger partial charge in [-0.25, -0.2) is 9.18 Å². The Hall–Kier alpha value is -2.95. The quantitative estimate of drug-likeness (QED) is 0.783. The third kappa shape index (κ3) is 2.38. The van der Waals surface area contributed by atoms with Crippen LogP contribution in [0, 0.1) is 5.82 Å². The van der Waals surface area contributed by atoms with E-state index in [2.05, 4.69) is 9.88 Å². The zero-order valence-corrected chi connectivity index (χ0v) is 12.9. The van der Waals surface area contributed by atoms with E-state index < -0.39 is 5.97 Å². The third-order valence-electron chi connectivity index (χ3n) is 4.52. The minimum Gasteiger partial charge on any atom is -0.478 e. The van der Waals surface area contributed by atoms with E-state index in [-0.39, 0.29) is 5.82 Å². The smallest absolute Gasteiger partial charge is 0.335 e. The van der Waals surface area contributed by atoms with Crippen LogP contribution in [0.3, 0.4) is 0 Å². The van der Waals surface area contributed by atoms with Crippen LogP contribution in [0.1, 0.15) is 21.5 Å². The molecule has 4 rings (SSSR count). The van der Waals surface area contributed by atoms with Crippen molar-refractivity contribution in [2.24, 2.45) is 0 Å². The maximum Gasteiger partial charge on any atom is 0.335 e. The summed E-state index contributed by atoms with van der Waals surface area (Å²) in [7, 11) is 0. The molecule has 4 nitrogen and oxygen atoms in total. The number of carboxylic acid groups (broad SMARTS) is 1. The summed E-state index contributed by atoms with van der Waals surface area (Å²) in [4.78, 5) is 17.8. The van der Waals surface area contributed by atoms with E-state index in [0.29, 0.717) is 25.1 Å². The molecule has 1 aromatic heterocycles. The van der Waals surface area contributed by atoms with Gasteiger partial charge in [-0.1, -0.05) is 12.1 Å². The number of hydrogen-bond acceptors (Lipinski definition) is 3. The Morgan fingerprint density at radius 2 is 2.08 bits per heavy atom. The molecule has 5 heteroatoms. The Labute approximate surface area is 138 Å². The van der Waals surface area contributed by atoms with Crippen LogP contribution in [0.5, 0.6) is 0 Å². The van der Waals surface area contributed by atoms with Crippen LogP contribution in [0.15, 0.2) is 48.7 Å². The van der Waals surface area contributed by atoms with Crippen LogP contribution < -0.4 is 4.90 Å². The minimum atomic E-state index is -0.892. The van der Waals surface area contributed by atoms with Gasteiger partial charge in [-0.15, -0.1) is 0 Å². The highest BCUT2D eigenvalue weighted by Crippen LogP contribution is 2.31. The van der Waals surface area contributed by atoms with Gasteiger partial charge in [0.15, 0.2) is 0 Å². The average Bonchev–Trinajstić information content (AvgIpc) is 2.60. The summed E-state index contributed by atoms with van der Waals surface area (Å²) < 4.78 is 13.7. The van der Waals surface area contributed by atoms with Crippen LogP contribution in [0.25, 0.3) is 10.9 Å². The number of rotatable bonds is 2. The molecule has 0 spiro atoms. The molecular formula is C19H15FN2O2. The summed E-state index contributed by atoms with van der Waals surface area (Å²) in [5.74, 6) is -1.18. The summed E-state index contributed by atoms with van der Waals surface area (Å²) in [6.45, 7) is 1.29. The summed E-state index contributed by atoms with van der Waals surface area (Å²) >= 11 is 0. The van der Waals surface area contributed by atoms with Gasteiger partial charge in [0.25, 0.3) is 0 Å². The predicted octanol–water partition coefficient (Wildman–Crippen LogP) is 3.63. The van der Waals surface area contributed by atoms with Crippen molar-refractivity contribution in [2.45, 2.75) is 13.0 Å². The molecule has 0 saturated carbocycles. The van der Waals surface area contributed by atoms with Crippen molar-refractivity contribution in [2.75, 3.05) is 11.4 Å². The molecule has 0 unspecified atom stereocenters. The van der Waals surface area contributed by atoms with E-state index in [4.69, 9.17) is 0 Å². The van der Waals surface area contributed by atoms with Gasteiger partial charge in [0, 0.05) is 30.4 Å².